The SMILES string of the molecule is COc1ccc(CCN(C)C(=O)CCCc2ccc([N+](=O)[O-])cc2)cc1OC. The predicted molar refractivity (Wildman–Crippen MR) is 107 cm³/mol. The Labute approximate surface area is 165 Å². The largest absolute Gasteiger partial charge is 0.493 e. The van der Waals surface area contributed by atoms with Crippen LogP contribution in [-0.2, 0) is 17.6 Å². The highest BCUT2D eigenvalue weighted by Gasteiger charge is 2.11. The zero-order chi connectivity index (χ0) is 20.5. The first-order chi connectivity index (χ1) is 13.4. The minimum absolute atomic E-state index is 0.0784. The normalized spacial score (nSPS) is 10.4. The number of carbonyl (C=O) groups is 1. The summed E-state index contributed by atoms with van der Waals surface area (Å²) in [6.45, 7) is 0.617. The summed E-state index contributed by atoms with van der Waals surface area (Å²) in [6.07, 6.45) is 2.59. The molecule has 150 valence electrons. The van der Waals surface area contributed by atoms with Gasteiger partial charge in [0, 0.05) is 32.1 Å². The molecule has 0 unspecified atom stereocenters. The molecule has 7 heteroatoms. The Bertz CT molecular complexity index is 805. The molecule has 0 saturated carbocycles. The molecule has 0 aliphatic carbocycles. The lowest BCUT2D eigenvalue weighted by Gasteiger charge is -2.17. The maximum Gasteiger partial charge on any atom is 0.269 e. The molecular formula is C21H26N2O5. The maximum absolute atomic E-state index is 12.3. The lowest BCUT2D eigenvalue weighted by atomic mass is 10.1. The number of hydrogen-bond donors (Lipinski definition) is 0. The first kappa shape index (κ1) is 21.2. The number of methoxy groups -OCH3 is 2. The number of rotatable bonds is 10. The molecule has 0 N–H and O–H groups in total. The molecule has 0 aromatic heterocycles. The van der Waals surface area contributed by atoms with E-state index >= 15 is 0 Å². The number of amides is 1. The van der Waals surface area contributed by atoms with Crippen LogP contribution in [0.2, 0.25) is 0 Å². The molecule has 0 aliphatic heterocycles. The molecule has 0 aliphatic rings. The van der Waals surface area contributed by atoms with Crippen LogP contribution in [0.1, 0.15) is 24.0 Å². The van der Waals surface area contributed by atoms with Crippen LogP contribution in [0.15, 0.2) is 42.5 Å². The predicted octanol–water partition coefficient (Wildman–Crippen LogP) is 3.64. The fraction of sp³-hybridized carbons (Fsp3) is 0.381. The Morgan fingerprint density at radius 1 is 1.00 bits per heavy atom. The van der Waals surface area contributed by atoms with Crippen LogP contribution in [0.3, 0.4) is 0 Å². The smallest absolute Gasteiger partial charge is 0.269 e. The molecule has 2 aromatic carbocycles. The van der Waals surface area contributed by atoms with Crippen molar-refractivity contribution in [3.63, 3.8) is 0 Å². The number of nitro groups is 1. The number of carbonyl (C=O) groups excluding carboxylic acids is 1. The molecule has 2 rings (SSSR count). The Kier molecular flexibility index (Phi) is 7.80. The number of nitro benzene ring substituents is 1. The molecule has 0 fully saturated rings. The molecule has 7 nitrogen and oxygen atoms in total. The van der Waals surface area contributed by atoms with Crippen LogP contribution >= 0.6 is 0 Å². The summed E-state index contributed by atoms with van der Waals surface area (Å²) in [5.74, 6) is 1.45. The Balaban J connectivity index is 1.77. The van der Waals surface area contributed by atoms with Gasteiger partial charge in [0.25, 0.3) is 5.69 Å². The number of ether oxygens (including phenoxy) is 2. The Hall–Kier alpha value is -3.09. The van der Waals surface area contributed by atoms with Gasteiger partial charge in [-0.25, -0.2) is 0 Å². The van der Waals surface area contributed by atoms with Crippen molar-refractivity contribution in [2.75, 3.05) is 27.8 Å². The first-order valence-electron chi connectivity index (χ1n) is 9.12. The zero-order valence-corrected chi connectivity index (χ0v) is 16.5. The molecule has 0 radical (unpaired) electrons. The monoisotopic (exact) mass is 386 g/mol. The van der Waals surface area contributed by atoms with Gasteiger partial charge in [-0.2, -0.15) is 0 Å². The van der Waals surface area contributed by atoms with Crippen molar-refractivity contribution >= 4 is 11.6 Å². The van der Waals surface area contributed by atoms with Gasteiger partial charge in [0.2, 0.25) is 5.91 Å². The average Bonchev–Trinajstić information content (AvgIpc) is 2.71. The summed E-state index contributed by atoms with van der Waals surface area (Å²) in [7, 11) is 5.00. The van der Waals surface area contributed by atoms with Crippen LogP contribution < -0.4 is 9.47 Å². The molecule has 0 bridgehead atoms. The fourth-order valence-corrected chi connectivity index (χ4v) is 2.88. The molecule has 0 saturated heterocycles. The van der Waals surface area contributed by atoms with Crippen molar-refractivity contribution in [3.05, 3.63) is 63.7 Å². The van der Waals surface area contributed by atoms with Crippen molar-refractivity contribution in [1.29, 1.82) is 0 Å². The fourth-order valence-electron chi connectivity index (χ4n) is 2.88. The molecule has 28 heavy (non-hydrogen) atoms. The summed E-state index contributed by atoms with van der Waals surface area (Å²) < 4.78 is 10.5. The van der Waals surface area contributed by atoms with Gasteiger partial charge in [0.15, 0.2) is 11.5 Å². The van der Waals surface area contributed by atoms with E-state index in [4.69, 9.17) is 9.47 Å². The second kappa shape index (κ2) is 10.3. The van der Waals surface area contributed by atoms with E-state index in [9.17, 15) is 14.9 Å². The molecule has 1 amide bonds. The molecule has 0 spiro atoms. The number of hydrogen-bond acceptors (Lipinski definition) is 5. The summed E-state index contributed by atoms with van der Waals surface area (Å²) in [6, 6.07) is 12.2. The highest BCUT2D eigenvalue weighted by atomic mass is 16.6. The lowest BCUT2D eigenvalue weighted by molar-refractivity contribution is -0.384. The van der Waals surface area contributed by atoms with Gasteiger partial charge >= 0.3 is 0 Å². The Morgan fingerprint density at radius 3 is 2.25 bits per heavy atom. The quantitative estimate of drug-likeness (QED) is 0.460. The van der Waals surface area contributed by atoms with Crippen LogP contribution in [0.5, 0.6) is 11.5 Å². The number of benzene rings is 2. The van der Waals surface area contributed by atoms with Gasteiger partial charge in [-0.15, -0.1) is 0 Å². The van der Waals surface area contributed by atoms with Gasteiger partial charge in [-0.05, 0) is 42.5 Å². The van der Waals surface area contributed by atoms with Crippen LogP contribution in [0.25, 0.3) is 0 Å². The number of non-ortho nitro benzene ring substituents is 1. The zero-order valence-electron chi connectivity index (χ0n) is 16.5. The molecule has 0 heterocycles. The average molecular weight is 386 g/mol. The van der Waals surface area contributed by atoms with Gasteiger partial charge in [-0.3, -0.25) is 14.9 Å². The molecular weight excluding hydrogens is 360 g/mol. The third kappa shape index (κ3) is 5.97. The Morgan fingerprint density at radius 2 is 1.64 bits per heavy atom. The third-order valence-electron chi connectivity index (χ3n) is 4.61. The summed E-state index contributed by atoms with van der Waals surface area (Å²) in [4.78, 5) is 24.3. The van der Waals surface area contributed by atoms with Crippen molar-refractivity contribution in [1.82, 2.24) is 4.90 Å². The highest BCUT2D eigenvalue weighted by Crippen LogP contribution is 2.27. The third-order valence-corrected chi connectivity index (χ3v) is 4.61. The standard InChI is InChI=1S/C21H26N2O5/c1-22(14-13-17-9-12-19(27-2)20(15-17)28-3)21(24)6-4-5-16-7-10-18(11-8-16)23(25)26/h7-12,15H,4-6,13-14H2,1-3H3. The van der Waals surface area contributed by atoms with Crippen molar-refractivity contribution < 1.29 is 19.2 Å². The molecule has 2 aromatic rings. The van der Waals surface area contributed by atoms with E-state index < -0.39 is 4.92 Å². The van der Waals surface area contributed by atoms with E-state index in [1.54, 1.807) is 38.3 Å². The van der Waals surface area contributed by atoms with Crippen LogP contribution in [0, 0.1) is 10.1 Å². The van der Waals surface area contributed by atoms with E-state index in [-0.39, 0.29) is 11.6 Å². The second-order valence-electron chi connectivity index (χ2n) is 6.53. The van der Waals surface area contributed by atoms with Gasteiger partial charge in [0.1, 0.15) is 0 Å². The van der Waals surface area contributed by atoms with E-state index in [2.05, 4.69) is 0 Å². The van der Waals surface area contributed by atoms with Crippen molar-refractivity contribution in [3.8, 4) is 11.5 Å². The number of likely N-dealkylation sites (N-methyl/N-ethyl adjacent to an activating group) is 1. The van der Waals surface area contributed by atoms with E-state index in [1.165, 1.54) is 12.1 Å². The van der Waals surface area contributed by atoms with Crippen LogP contribution in [-0.4, -0.2) is 43.5 Å². The first-order valence-corrected chi connectivity index (χ1v) is 9.12. The maximum atomic E-state index is 12.3. The second-order valence-corrected chi connectivity index (χ2v) is 6.53. The van der Waals surface area contributed by atoms with E-state index in [0.29, 0.717) is 37.3 Å². The van der Waals surface area contributed by atoms with Gasteiger partial charge < -0.3 is 14.4 Å². The summed E-state index contributed by atoms with van der Waals surface area (Å²) in [5, 5.41) is 10.7. The molecule has 0 atom stereocenters. The van der Waals surface area contributed by atoms with E-state index in [0.717, 1.165) is 17.5 Å². The topological polar surface area (TPSA) is 81.9 Å². The van der Waals surface area contributed by atoms with Crippen LogP contribution in [0.4, 0.5) is 5.69 Å². The number of nitrogens with zero attached hydrogens (tertiary/aromatic N) is 2. The van der Waals surface area contributed by atoms with Gasteiger partial charge in [0.05, 0.1) is 19.1 Å². The summed E-state index contributed by atoms with van der Waals surface area (Å²) >= 11 is 0. The van der Waals surface area contributed by atoms with E-state index in [1.807, 2.05) is 18.2 Å². The minimum atomic E-state index is -0.416. The lowest BCUT2D eigenvalue weighted by Crippen LogP contribution is -2.28. The highest BCUT2D eigenvalue weighted by molar-refractivity contribution is 5.75. The van der Waals surface area contributed by atoms with Gasteiger partial charge in [-0.1, -0.05) is 18.2 Å². The van der Waals surface area contributed by atoms with Crippen molar-refractivity contribution in [2.24, 2.45) is 0 Å². The summed E-state index contributed by atoms with van der Waals surface area (Å²) in [5.41, 5.74) is 2.14. The van der Waals surface area contributed by atoms with Crippen molar-refractivity contribution in [2.45, 2.75) is 25.7 Å². The number of aryl methyl sites for hydroxylation is 1. The minimum Gasteiger partial charge on any atom is -0.493 e.